The largest absolute Gasteiger partial charge is 0.293 e. The van der Waals surface area contributed by atoms with E-state index in [1.165, 1.54) is 0 Å². The zero-order valence-corrected chi connectivity index (χ0v) is 8.83. The lowest BCUT2D eigenvalue weighted by atomic mass is 10.2. The molecule has 0 unspecified atom stereocenters. The molecule has 6 heteroatoms. The van der Waals surface area contributed by atoms with Crippen LogP contribution in [0.15, 0.2) is 30.3 Å². The number of rotatable bonds is 4. The molecular formula is C9H12N2O3S. The lowest BCUT2D eigenvalue weighted by Gasteiger charge is -2.03. The van der Waals surface area contributed by atoms with Gasteiger partial charge < -0.3 is 0 Å². The Morgan fingerprint density at radius 3 is 2.40 bits per heavy atom. The molecule has 15 heavy (non-hydrogen) atoms. The van der Waals surface area contributed by atoms with Crippen LogP contribution >= 0.6 is 0 Å². The fourth-order valence-corrected chi connectivity index (χ4v) is 2.41. The van der Waals surface area contributed by atoms with Crippen LogP contribution in [0.4, 0.5) is 0 Å². The molecule has 0 bridgehead atoms. The van der Waals surface area contributed by atoms with Gasteiger partial charge in [-0.3, -0.25) is 10.2 Å². The van der Waals surface area contributed by atoms with E-state index in [0.29, 0.717) is 5.56 Å². The number of sulfone groups is 1. The van der Waals surface area contributed by atoms with E-state index in [-0.39, 0.29) is 5.75 Å². The van der Waals surface area contributed by atoms with Crippen molar-refractivity contribution in [2.45, 2.75) is 5.75 Å². The molecule has 0 radical (unpaired) electrons. The number of hydrazine groups is 1. The second kappa shape index (κ2) is 4.90. The molecule has 0 saturated heterocycles. The van der Waals surface area contributed by atoms with Gasteiger partial charge in [0.2, 0.25) is 5.91 Å². The molecular weight excluding hydrogens is 216 g/mol. The van der Waals surface area contributed by atoms with Crippen molar-refractivity contribution in [1.29, 1.82) is 0 Å². The zero-order chi connectivity index (χ0) is 11.3. The molecule has 82 valence electrons. The first kappa shape index (κ1) is 11.7. The molecule has 0 saturated carbocycles. The molecule has 0 atom stereocenters. The van der Waals surface area contributed by atoms with Crippen LogP contribution < -0.4 is 11.3 Å². The number of amides is 1. The molecule has 5 nitrogen and oxygen atoms in total. The Bertz CT molecular complexity index is 428. The Morgan fingerprint density at radius 2 is 1.87 bits per heavy atom. The fourth-order valence-electron chi connectivity index (χ4n) is 1.12. The molecule has 0 heterocycles. The number of hydrogen-bond donors (Lipinski definition) is 2. The van der Waals surface area contributed by atoms with E-state index in [0.717, 1.165) is 0 Å². The van der Waals surface area contributed by atoms with Gasteiger partial charge in [0, 0.05) is 0 Å². The van der Waals surface area contributed by atoms with Crippen molar-refractivity contribution >= 4 is 15.7 Å². The number of hydrogen-bond acceptors (Lipinski definition) is 4. The molecule has 0 aliphatic heterocycles. The van der Waals surface area contributed by atoms with Crippen molar-refractivity contribution in [3.8, 4) is 0 Å². The van der Waals surface area contributed by atoms with Gasteiger partial charge in [0.25, 0.3) is 0 Å². The Labute approximate surface area is 88.2 Å². The summed E-state index contributed by atoms with van der Waals surface area (Å²) in [5.74, 6) is 3.37. The summed E-state index contributed by atoms with van der Waals surface area (Å²) in [6.07, 6.45) is 0. The van der Waals surface area contributed by atoms with Gasteiger partial charge in [-0.1, -0.05) is 30.3 Å². The van der Waals surface area contributed by atoms with Crippen LogP contribution in [0.5, 0.6) is 0 Å². The van der Waals surface area contributed by atoms with Crippen LogP contribution in [0, 0.1) is 0 Å². The normalized spacial score (nSPS) is 11.0. The summed E-state index contributed by atoms with van der Waals surface area (Å²) >= 11 is 0. The van der Waals surface area contributed by atoms with E-state index in [2.05, 4.69) is 0 Å². The molecule has 0 fully saturated rings. The Hall–Kier alpha value is -1.40. The van der Waals surface area contributed by atoms with E-state index >= 15 is 0 Å². The molecule has 1 rings (SSSR count). The summed E-state index contributed by atoms with van der Waals surface area (Å²) in [6.45, 7) is 0. The predicted octanol–water partition coefficient (Wildman–Crippen LogP) is -0.409. The zero-order valence-electron chi connectivity index (χ0n) is 8.01. The number of carbonyl (C=O) groups is 1. The Morgan fingerprint density at radius 1 is 1.27 bits per heavy atom. The maximum absolute atomic E-state index is 11.5. The molecule has 0 aromatic heterocycles. The SMILES string of the molecule is NNC(=O)CS(=O)(=O)Cc1ccccc1. The molecule has 1 aromatic carbocycles. The maximum Gasteiger partial charge on any atom is 0.249 e. The highest BCUT2D eigenvalue weighted by atomic mass is 32.2. The van der Waals surface area contributed by atoms with Gasteiger partial charge in [0.05, 0.1) is 5.75 Å². The average Bonchev–Trinajstić information content (AvgIpc) is 2.17. The second-order valence-electron chi connectivity index (χ2n) is 3.09. The van der Waals surface area contributed by atoms with Gasteiger partial charge in [-0.05, 0) is 5.56 Å². The lowest BCUT2D eigenvalue weighted by Crippen LogP contribution is -2.35. The van der Waals surface area contributed by atoms with Crippen molar-refractivity contribution < 1.29 is 13.2 Å². The lowest BCUT2D eigenvalue weighted by molar-refractivity contribution is -0.118. The number of benzene rings is 1. The van der Waals surface area contributed by atoms with Crippen molar-refractivity contribution in [2.75, 3.05) is 5.75 Å². The first-order chi connectivity index (χ1) is 7.03. The van der Waals surface area contributed by atoms with Crippen molar-refractivity contribution in [3.63, 3.8) is 0 Å². The first-order valence-corrected chi connectivity index (χ1v) is 6.09. The summed E-state index contributed by atoms with van der Waals surface area (Å²) in [5, 5.41) is 0. The molecule has 0 aliphatic carbocycles. The molecule has 1 aromatic rings. The highest BCUT2D eigenvalue weighted by molar-refractivity contribution is 7.91. The van der Waals surface area contributed by atoms with Gasteiger partial charge >= 0.3 is 0 Å². The van der Waals surface area contributed by atoms with Gasteiger partial charge in [-0.25, -0.2) is 14.3 Å². The minimum atomic E-state index is -3.44. The summed E-state index contributed by atoms with van der Waals surface area (Å²) in [6, 6.07) is 8.67. The summed E-state index contributed by atoms with van der Waals surface area (Å²) in [7, 11) is -3.44. The van der Waals surface area contributed by atoms with Crippen LogP contribution in [0.1, 0.15) is 5.56 Å². The van der Waals surface area contributed by atoms with Crippen LogP contribution in [0.25, 0.3) is 0 Å². The van der Waals surface area contributed by atoms with Crippen LogP contribution in [0.2, 0.25) is 0 Å². The quantitative estimate of drug-likeness (QED) is 0.416. The van der Waals surface area contributed by atoms with Crippen LogP contribution in [-0.2, 0) is 20.4 Å². The third-order valence-corrected chi connectivity index (χ3v) is 3.22. The Kier molecular flexibility index (Phi) is 3.81. The predicted molar refractivity (Wildman–Crippen MR) is 56.3 cm³/mol. The van der Waals surface area contributed by atoms with Gasteiger partial charge in [-0.2, -0.15) is 0 Å². The minimum absolute atomic E-state index is 0.152. The second-order valence-corrected chi connectivity index (χ2v) is 5.15. The topological polar surface area (TPSA) is 89.3 Å². The average molecular weight is 228 g/mol. The minimum Gasteiger partial charge on any atom is -0.293 e. The molecule has 0 spiro atoms. The third-order valence-electron chi connectivity index (χ3n) is 1.74. The van der Waals surface area contributed by atoms with E-state index < -0.39 is 21.5 Å². The first-order valence-electron chi connectivity index (χ1n) is 4.27. The molecule has 1 amide bonds. The smallest absolute Gasteiger partial charge is 0.249 e. The third kappa shape index (κ3) is 4.09. The molecule has 0 aliphatic rings. The van der Waals surface area contributed by atoms with E-state index in [4.69, 9.17) is 5.84 Å². The van der Waals surface area contributed by atoms with Gasteiger partial charge in [0.1, 0.15) is 5.75 Å². The summed E-state index contributed by atoms with van der Waals surface area (Å²) < 4.78 is 22.9. The van der Waals surface area contributed by atoms with Crippen LogP contribution in [0.3, 0.4) is 0 Å². The Balaban J connectivity index is 2.69. The number of nitrogens with one attached hydrogen (secondary N) is 1. The van der Waals surface area contributed by atoms with Crippen molar-refractivity contribution in [1.82, 2.24) is 5.43 Å². The number of nitrogens with two attached hydrogens (primary N) is 1. The highest BCUT2D eigenvalue weighted by Gasteiger charge is 2.16. The summed E-state index contributed by atoms with van der Waals surface area (Å²) in [5.41, 5.74) is 2.44. The fraction of sp³-hybridized carbons (Fsp3) is 0.222. The number of carbonyl (C=O) groups excluding carboxylic acids is 1. The maximum atomic E-state index is 11.5. The molecule has 3 N–H and O–H groups in total. The standard InChI is InChI=1S/C9H12N2O3S/c10-11-9(12)7-15(13,14)6-8-4-2-1-3-5-8/h1-5H,6-7,10H2,(H,11,12). The van der Waals surface area contributed by atoms with E-state index in [1.807, 2.05) is 0 Å². The highest BCUT2D eigenvalue weighted by Crippen LogP contribution is 2.05. The monoisotopic (exact) mass is 228 g/mol. The van der Waals surface area contributed by atoms with Crippen LogP contribution in [-0.4, -0.2) is 20.1 Å². The van der Waals surface area contributed by atoms with E-state index in [1.54, 1.807) is 35.8 Å². The van der Waals surface area contributed by atoms with Crippen molar-refractivity contribution in [2.24, 2.45) is 5.84 Å². The van der Waals surface area contributed by atoms with E-state index in [9.17, 15) is 13.2 Å². The van der Waals surface area contributed by atoms with Gasteiger partial charge in [-0.15, -0.1) is 0 Å². The summed E-state index contributed by atoms with van der Waals surface area (Å²) in [4.78, 5) is 10.8. The van der Waals surface area contributed by atoms with Crippen molar-refractivity contribution in [3.05, 3.63) is 35.9 Å². The van der Waals surface area contributed by atoms with Gasteiger partial charge in [0.15, 0.2) is 9.84 Å².